The molecule has 1 aliphatic heterocycles. The Labute approximate surface area is 144 Å². The molecule has 0 N–H and O–H groups in total. The lowest BCUT2D eigenvalue weighted by Crippen LogP contribution is -2.11. The number of rotatable bonds is 2. The minimum atomic E-state index is -4.55. The number of nitrogens with zero attached hydrogens (tertiary/aromatic N) is 6. The number of alkyl halides is 3. The number of aromatic nitrogens is 4. The van der Waals surface area contributed by atoms with Crippen LogP contribution < -0.4 is 4.31 Å². The maximum atomic E-state index is 12.7. The van der Waals surface area contributed by atoms with Crippen LogP contribution in [0.1, 0.15) is 12.6 Å². The smallest absolute Gasteiger partial charge is 0.290 e. The largest absolute Gasteiger partial charge is 0.435 e. The van der Waals surface area contributed by atoms with E-state index in [1.165, 1.54) is 10.7 Å². The van der Waals surface area contributed by atoms with Crippen LogP contribution in [-0.2, 0) is 6.18 Å². The average molecular weight is 364 g/mol. The van der Waals surface area contributed by atoms with Crippen molar-refractivity contribution in [1.29, 1.82) is 0 Å². The molecular formula is C15H11F3N6S. The summed E-state index contributed by atoms with van der Waals surface area (Å²) in [5.41, 5.74) is 1.23. The van der Waals surface area contributed by atoms with E-state index in [1.54, 1.807) is 11.9 Å². The average Bonchev–Trinajstić information content (AvgIpc) is 3.20. The van der Waals surface area contributed by atoms with Gasteiger partial charge in [0, 0.05) is 17.5 Å². The predicted molar refractivity (Wildman–Crippen MR) is 89.3 cm³/mol. The van der Waals surface area contributed by atoms with Crippen LogP contribution in [0, 0.1) is 0 Å². The Morgan fingerprint density at radius 3 is 2.76 bits per heavy atom. The zero-order valence-electron chi connectivity index (χ0n) is 12.9. The molecule has 10 heteroatoms. The first-order chi connectivity index (χ1) is 11.9. The topological polar surface area (TPSA) is 58.7 Å². The predicted octanol–water partition coefficient (Wildman–Crippen LogP) is 3.65. The molecular weight excluding hydrogens is 353 g/mol. The van der Waals surface area contributed by atoms with Crippen molar-refractivity contribution in [2.45, 2.75) is 13.1 Å². The second kappa shape index (κ2) is 5.73. The monoisotopic (exact) mass is 364 g/mol. The maximum absolute atomic E-state index is 12.7. The Balaban J connectivity index is 1.73. The van der Waals surface area contributed by atoms with E-state index in [0.29, 0.717) is 18.6 Å². The van der Waals surface area contributed by atoms with Crippen LogP contribution in [0.3, 0.4) is 0 Å². The fourth-order valence-corrected chi connectivity index (χ4v) is 3.21. The molecule has 0 radical (unpaired) electrons. The van der Waals surface area contributed by atoms with Gasteiger partial charge in [0.25, 0.3) is 5.78 Å². The van der Waals surface area contributed by atoms with Crippen LogP contribution in [0.15, 0.2) is 41.7 Å². The molecule has 128 valence electrons. The van der Waals surface area contributed by atoms with Crippen molar-refractivity contribution in [2.24, 2.45) is 4.99 Å². The van der Waals surface area contributed by atoms with Crippen LogP contribution in [0.2, 0.25) is 0 Å². The van der Waals surface area contributed by atoms with Crippen LogP contribution >= 0.6 is 11.9 Å². The molecule has 1 aliphatic rings. The number of halogens is 3. The van der Waals surface area contributed by atoms with Gasteiger partial charge in [-0.2, -0.15) is 22.8 Å². The molecule has 0 bridgehead atoms. The third-order valence-electron chi connectivity index (χ3n) is 3.62. The van der Waals surface area contributed by atoms with Gasteiger partial charge in [0.05, 0.1) is 28.8 Å². The number of hydrogen-bond donors (Lipinski definition) is 0. The van der Waals surface area contributed by atoms with Crippen molar-refractivity contribution in [3.63, 3.8) is 0 Å². The Morgan fingerprint density at radius 1 is 1.20 bits per heavy atom. The molecule has 0 atom stereocenters. The van der Waals surface area contributed by atoms with Gasteiger partial charge in [0.2, 0.25) is 0 Å². The Morgan fingerprint density at radius 2 is 2.04 bits per heavy atom. The normalized spacial score (nSPS) is 15.0. The number of benzene rings is 1. The van der Waals surface area contributed by atoms with E-state index >= 15 is 0 Å². The molecule has 0 unspecified atom stereocenters. The highest BCUT2D eigenvalue weighted by atomic mass is 32.2. The fourth-order valence-electron chi connectivity index (χ4n) is 2.44. The lowest BCUT2D eigenvalue weighted by molar-refractivity contribution is -0.141. The summed E-state index contributed by atoms with van der Waals surface area (Å²) >= 11 is 1.54. The van der Waals surface area contributed by atoms with Gasteiger partial charge in [0.1, 0.15) is 6.67 Å². The summed E-state index contributed by atoms with van der Waals surface area (Å²) in [6, 6.07) is 7.59. The summed E-state index contributed by atoms with van der Waals surface area (Å²) < 4.78 is 41.6. The van der Waals surface area contributed by atoms with E-state index in [1.807, 2.05) is 35.5 Å². The summed E-state index contributed by atoms with van der Waals surface area (Å²) in [6.07, 6.45) is -2.38. The molecule has 4 rings (SSSR count). The lowest BCUT2D eigenvalue weighted by atomic mass is 10.1. The second-order valence-corrected chi connectivity index (χ2v) is 6.55. The molecule has 0 spiro atoms. The third-order valence-corrected chi connectivity index (χ3v) is 4.56. The van der Waals surface area contributed by atoms with Crippen LogP contribution in [0.25, 0.3) is 17.0 Å². The summed E-state index contributed by atoms with van der Waals surface area (Å²) in [6.45, 7) is 2.49. The molecule has 0 saturated carbocycles. The van der Waals surface area contributed by atoms with E-state index in [2.05, 4.69) is 20.1 Å². The van der Waals surface area contributed by atoms with Gasteiger partial charge in [-0.15, -0.1) is 0 Å². The fraction of sp³-hybridized carbons (Fsp3) is 0.200. The van der Waals surface area contributed by atoms with Gasteiger partial charge in [-0.1, -0.05) is 12.1 Å². The molecule has 3 heterocycles. The minimum absolute atomic E-state index is 0.0926. The molecule has 0 aliphatic carbocycles. The zero-order chi connectivity index (χ0) is 17.6. The van der Waals surface area contributed by atoms with Gasteiger partial charge >= 0.3 is 6.18 Å². The number of aliphatic imine (C=N–C) groups is 1. The van der Waals surface area contributed by atoms with Crippen molar-refractivity contribution in [1.82, 2.24) is 19.6 Å². The number of hydrogen-bond acceptors (Lipinski definition) is 6. The molecule has 0 saturated heterocycles. The SMILES string of the molecule is CC1=NCN(c2cccc(-c3cnc4nc(C(F)(F)F)cnn34)c2)S1. The first-order valence-corrected chi connectivity index (χ1v) is 8.04. The second-order valence-electron chi connectivity index (χ2n) is 5.33. The van der Waals surface area contributed by atoms with Crippen molar-refractivity contribution in [3.05, 3.63) is 42.4 Å². The van der Waals surface area contributed by atoms with Crippen molar-refractivity contribution >= 4 is 28.5 Å². The summed E-state index contributed by atoms with van der Waals surface area (Å²) in [4.78, 5) is 11.8. The molecule has 6 nitrogen and oxygen atoms in total. The zero-order valence-corrected chi connectivity index (χ0v) is 13.7. The number of imidazole rings is 1. The summed E-state index contributed by atoms with van der Waals surface area (Å²) in [5.74, 6) is -0.0926. The molecule has 1 aromatic carbocycles. The highest BCUT2D eigenvalue weighted by Crippen LogP contribution is 2.32. The van der Waals surface area contributed by atoms with Crippen LogP contribution in [0.4, 0.5) is 18.9 Å². The summed E-state index contributed by atoms with van der Waals surface area (Å²) in [5, 5.41) is 4.83. The van der Waals surface area contributed by atoms with E-state index in [-0.39, 0.29) is 5.78 Å². The maximum Gasteiger partial charge on any atom is 0.435 e. The minimum Gasteiger partial charge on any atom is -0.290 e. The number of fused-ring (bicyclic) bond motifs is 1. The molecule has 0 amide bonds. The standard InChI is InChI=1S/C15H11F3N6S/c1-9-20-8-23(25-9)11-4-2-3-10(5-11)12-6-19-14-22-13(15(16,17)18)7-21-24(12)14/h2-7H,8H2,1H3. The van der Waals surface area contributed by atoms with Gasteiger partial charge in [-0.05, 0) is 19.1 Å². The molecule has 2 aromatic heterocycles. The lowest BCUT2D eigenvalue weighted by Gasteiger charge is -2.15. The highest BCUT2D eigenvalue weighted by molar-refractivity contribution is 8.15. The van der Waals surface area contributed by atoms with Gasteiger partial charge in [-0.3, -0.25) is 9.30 Å². The first-order valence-electron chi connectivity index (χ1n) is 7.27. The van der Waals surface area contributed by atoms with E-state index in [4.69, 9.17) is 0 Å². The quantitative estimate of drug-likeness (QED) is 0.650. The van der Waals surface area contributed by atoms with Crippen LogP contribution in [0.5, 0.6) is 0 Å². The molecule has 25 heavy (non-hydrogen) atoms. The van der Waals surface area contributed by atoms with E-state index in [0.717, 1.165) is 16.3 Å². The Bertz CT molecular complexity index is 981. The van der Waals surface area contributed by atoms with Crippen LogP contribution in [-0.4, -0.2) is 31.3 Å². The van der Waals surface area contributed by atoms with Gasteiger partial charge in [0.15, 0.2) is 5.69 Å². The van der Waals surface area contributed by atoms with Crippen molar-refractivity contribution in [2.75, 3.05) is 11.0 Å². The number of anilines is 1. The molecule has 3 aromatic rings. The van der Waals surface area contributed by atoms with E-state index < -0.39 is 11.9 Å². The van der Waals surface area contributed by atoms with Gasteiger partial charge < -0.3 is 0 Å². The Hall–Kier alpha value is -2.62. The first kappa shape index (κ1) is 15.9. The van der Waals surface area contributed by atoms with Gasteiger partial charge in [-0.25, -0.2) is 9.97 Å². The highest BCUT2D eigenvalue weighted by Gasteiger charge is 2.33. The van der Waals surface area contributed by atoms with E-state index in [9.17, 15) is 13.2 Å². The van der Waals surface area contributed by atoms with Crippen molar-refractivity contribution in [3.8, 4) is 11.3 Å². The third kappa shape index (κ3) is 2.93. The summed E-state index contributed by atoms with van der Waals surface area (Å²) in [7, 11) is 0. The Kier molecular flexibility index (Phi) is 3.64. The molecule has 0 fully saturated rings. The van der Waals surface area contributed by atoms with Crippen molar-refractivity contribution < 1.29 is 13.2 Å².